The molecule has 39 heavy (non-hydrogen) atoms. The van der Waals surface area contributed by atoms with Gasteiger partial charge < -0.3 is 30.1 Å². The van der Waals surface area contributed by atoms with Crippen molar-refractivity contribution >= 4 is 34.3 Å². The third-order valence-corrected chi connectivity index (χ3v) is 5.32. The number of aromatic nitrogens is 4. The molecule has 4 N–H and O–H groups in total. The van der Waals surface area contributed by atoms with Crippen LogP contribution in [0.5, 0.6) is 0 Å². The predicted octanol–water partition coefficient (Wildman–Crippen LogP) is 5.45. The molecule has 204 valence electrons. The van der Waals surface area contributed by atoms with Crippen molar-refractivity contribution in [3.05, 3.63) is 59.2 Å². The summed E-state index contributed by atoms with van der Waals surface area (Å²) < 4.78 is 10.6. The number of imidazole rings is 2. The van der Waals surface area contributed by atoms with E-state index in [1.54, 1.807) is 0 Å². The highest BCUT2D eigenvalue weighted by atomic mass is 16.6. The van der Waals surface area contributed by atoms with E-state index in [0.29, 0.717) is 11.6 Å². The Bertz CT molecular complexity index is 1580. The maximum atomic E-state index is 12.1. The lowest BCUT2D eigenvalue weighted by molar-refractivity contribution is 0.0500. The molecule has 0 bridgehead atoms. The van der Waals surface area contributed by atoms with Crippen LogP contribution in [0.2, 0.25) is 0 Å². The SMILES string of the molecule is CC(NC(=O)OC(C)(C)C)c1nc2ccc(C#Cc3ccc4nc(CNC(=O)OC(C)(C)C)[nH]c4c3)cc2[nH]1. The highest BCUT2D eigenvalue weighted by Gasteiger charge is 2.20. The van der Waals surface area contributed by atoms with Gasteiger partial charge in [0.2, 0.25) is 0 Å². The second kappa shape index (κ2) is 10.7. The van der Waals surface area contributed by atoms with E-state index in [4.69, 9.17) is 9.47 Å². The van der Waals surface area contributed by atoms with Crippen molar-refractivity contribution in [1.82, 2.24) is 30.6 Å². The van der Waals surface area contributed by atoms with Gasteiger partial charge in [-0.05, 0) is 84.9 Å². The Morgan fingerprint density at radius 1 is 0.846 bits per heavy atom. The number of amides is 2. The van der Waals surface area contributed by atoms with Gasteiger partial charge in [0.05, 0.1) is 34.7 Å². The Balaban J connectivity index is 1.43. The van der Waals surface area contributed by atoms with Crippen LogP contribution in [-0.4, -0.2) is 43.3 Å². The van der Waals surface area contributed by atoms with Gasteiger partial charge >= 0.3 is 12.2 Å². The number of benzene rings is 2. The van der Waals surface area contributed by atoms with E-state index in [2.05, 4.69) is 42.4 Å². The molecule has 2 amide bonds. The summed E-state index contributed by atoms with van der Waals surface area (Å²) in [5, 5.41) is 5.50. The van der Waals surface area contributed by atoms with Gasteiger partial charge in [-0.2, -0.15) is 0 Å². The lowest BCUT2D eigenvalue weighted by Gasteiger charge is -2.21. The number of hydrogen-bond donors (Lipinski definition) is 4. The van der Waals surface area contributed by atoms with Crippen LogP contribution in [0.1, 0.15) is 77.3 Å². The Kier molecular flexibility index (Phi) is 7.54. The zero-order chi connectivity index (χ0) is 28.4. The first kappa shape index (κ1) is 27.5. The molecular weight excluding hydrogens is 496 g/mol. The molecule has 2 heterocycles. The topological polar surface area (TPSA) is 134 Å². The fourth-order valence-corrected chi connectivity index (χ4v) is 3.70. The van der Waals surface area contributed by atoms with Gasteiger partial charge in [-0.15, -0.1) is 0 Å². The summed E-state index contributed by atoms with van der Waals surface area (Å²) in [5.74, 6) is 7.62. The quantitative estimate of drug-likeness (QED) is 0.259. The van der Waals surface area contributed by atoms with E-state index < -0.39 is 23.4 Å². The summed E-state index contributed by atoms with van der Waals surface area (Å²) in [6.07, 6.45) is -0.993. The minimum absolute atomic E-state index is 0.225. The van der Waals surface area contributed by atoms with Crippen LogP contribution in [0, 0.1) is 11.8 Å². The van der Waals surface area contributed by atoms with Crippen LogP contribution < -0.4 is 10.6 Å². The number of nitrogens with one attached hydrogen (secondary N) is 4. The lowest BCUT2D eigenvalue weighted by atomic mass is 10.1. The molecule has 0 aliphatic heterocycles. The Morgan fingerprint density at radius 2 is 1.38 bits per heavy atom. The molecule has 2 aromatic heterocycles. The summed E-state index contributed by atoms with van der Waals surface area (Å²) >= 11 is 0. The fourth-order valence-electron chi connectivity index (χ4n) is 3.70. The summed E-state index contributed by atoms with van der Waals surface area (Å²) in [7, 11) is 0. The summed E-state index contributed by atoms with van der Waals surface area (Å²) in [6, 6.07) is 11.1. The number of aromatic amines is 2. The third kappa shape index (κ3) is 7.74. The van der Waals surface area contributed by atoms with E-state index >= 15 is 0 Å². The molecule has 1 atom stereocenters. The zero-order valence-electron chi connectivity index (χ0n) is 23.3. The minimum Gasteiger partial charge on any atom is -0.444 e. The monoisotopic (exact) mass is 530 g/mol. The fraction of sp³-hybridized carbons (Fsp3) is 0.379. The summed E-state index contributed by atoms with van der Waals surface area (Å²) in [5.41, 5.74) is 3.70. The van der Waals surface area contributed by atoms with E-state index in [1.807, 2.05) is 84.9 Å². The van der Waals surface area contributed by atoms with Crippen LogP contribution in [0.25, 0.3) is 22.1 Å². The highest BCUT2D eigenvalue weighted by Crippen LogP contribution is 2.19. The van der Waals surface area contributed by atoms with E-state index in [9.17, 15) is 9.59 Å². The molecule has 4 rings (SSSR count). The van der Waals surface area contributed by atoms with Crippen LogP contribution in [0.4, 0.5) is 9.59 Å². The summed E-state index contributed by atoms with van der Waals surface area (Å²) in [6.45, 7) is 13.0. The second-order valence-corrected chi connectivity index (χ2v) is 11.2. The standard InChI is InChI=1S/C29H34N6O4/c1-17(31-27(37)39-29(5,6)7)25-34-21-13-11-19(15-23(21)35-25)9-8-18-10-12-20-22(14-18)33-24(32-20)16-30-26(36)38-28(2,3)4/h10-15,17H,16H2,1-7H3,(H,30,36)(H,31,37)(H,32,33)(H,34,35). The number of alkyl carbamates (subject to hydrolysis) is 2. The van der Waals surface area contributed by atoms with Crippen molar-refractivity contribution < 1.29 is 19.1 Å². The molecule has 0 saturated heterocycles. The van der Waals surface area contributed by atoms with Crippen molar-refractivity contribution in [3.8, 4) is 11.8 Å². The molecule has 0 fully saturated rings. The van der Waals surface area contributed by atoms with E-state index in [0.717, 1.165) is 33.2 Å². The summed E-state index contributed by atoms with van der Waals surface area (Å²) in [4.78, 5) is 39.6. The first-order valence-corrected chi connectivity index (χ1v) is 12.7. The normalized spacial score (nSPS) is 12.5. The van der Waals surface area contributed by atoms with Crippen molar-refractivity contribution in [1.29, 1.82) is 0 Å². The third-order valence-electron chi connectivity index (χ3n) is 5.32. The minimum atomic E-state index is -0.575. The molecule has 2 aromatic carbocycles. The van der Waals surface area contributed by atoms with E-state index in [-0.39, 0.29) is 12.6 Å². The smallest absolute Gasteiger partial charge is 0.408 e. The van der Waals surface area contributed by atoms with Crippen molar-refractivity contribution in [3.63, 3.8) is 0 Å². The van der Waals surface area contributed by atoms with Crippen LogP contribution >= 0.6 is 0 Å². The number of H-pyrrole nitrogens is 2. The molecule has 4 aromatic rings. The van der Waals surface area contributed by atoms with Gasteiger partial charge in [-0.3, -0.25) is 0 Å². The maximum absolute atomic E-state index is 12.1. The number of fused-ring (bicyclic) bond motifs is 2. The highest BCUT2D eigenvalue weighted by molar-refractivity contribution is 5.79. The molecule has 0 radical (unpaired) electrons. The Labute approximate surface area is 227 Å². The van der Waals surface area contributed by atoms with Gasteiger partial charge in [0.25, 0.3) is 0 Å². The van der Waals surface area contributed by atoms with E-state index in [1.165, 1.54) is 0 Å². The number of carbonyl (C=O) groups is 2. The van der Waals surface area contributed by atoms with Crippen LogP contribution in [-0.2, 0) is 16.0 Å². The molecule has 0 aliphatic rings. The Hall–Kier alpha value is -4.52. The molecular formula is C29H34N6O4. The number of hydrogen-bond acceptors (Lipinski definition) is 6. The Morgan fingerprint density at radius 3 is 1.97 bits per heavy atom. The number of ether oxygens (including phenoxy) is 2. The van der Waals surface area contributed by atoms with Gasteiger partial charge in [0, 0.05) is 11.1 Å². The molecule has 0 saturated carbocycles. The van der Waals surface area contributed by atoms with Gasteiger partial charge in [-0.1, -0.05) is 11.8 Å². The molecule has 1 unspecified atom stereocenters. The van der Waals surface area contributed by atoms with Gasteiger partial charge in [0.15, 0.2) is 0 Å². The lowest BCUT2D eigenvalue weighted by Crippen LogP contribution is -2.34. The first-order valence-electron chi connectivity index (χ1n) is 12.7. The van der Waals surface area contributed by atoms with Crippen molar-refractivity contribution in [2.75, 3.05) is 0 Å². The maximum Gasteiger partial charge on any atom is 0.408 e. The van der Waals surface area contributed by atoms with Crippen molar-refractivity contribution in [2.45, 2.75) is 72.3 Å². The second-order valence-electron chi connectivity index (χ2n) is 11.2. The van der Waals surface area contributed by atoms with Gasteiger partial charge in [0.1, 0.15) is 22.9 Å². The first-order chi connectivity index (χ1) is 18.2. The van der Waals surface area contributed by atoms with Gasteiger partial charge in [-0.25, -0.2) is 19.6 Å². The largest absolute Gasteiger partial charge is 0.444 e. The average Bonchev–Trinajstić information content (AvgIpc) is 3.42. The zero-order valence-corrected chi connectivity index (χ0v) is 23.3. The molecule has 0 spiro atoms. The molecule has 0 aliphatic carbocycles. The molecule has 10 nitrogen and oxygen atoms in total. The van der Waals surface area contributed by atoms with Crippen LogP contribution in [0.3, 0.4) is 0 Å². The number of nitrogens with zero attached hydrogens (tertiary/aromatic N) is 2. The predicted molar refractivity (Wildman–Crippen MR) is 149 cm³/mol. The number of carbonyl (C=O) groups excluding carboxylic acids is 2. The van der Waals surface area contributed by atoms with Crippen molar-refractivity contribution in [2.24, 2.45) is 0 Å². The number of rotatable bonds is 4. The van der Waals surface area contributed by atoms with Crippen LogP contribution in [0.15, 0.2) is 36.4 Å². The molecule has 10 heteroatoms. The average molecular weight is 531 g/mol.